The van der Waals surface area contributed by atoms with Crippen molar-refractivity contribution in [3.63, 3.8) is 0 Å². The van der Waals surface area contributed by atoms with Crippen LogP contribution >= 0.6 is 0 Å². The molecular weight excluding hydrogens is 354 g/mol. The average Bonchev–Trinajstić information content (AvgIpc) is 3.12. The minimum Gasteiger partial charge on any atom is -0.443 e. The van der Waals surface area contributed by atoms with E-state index in [2.05, 4.69) is 4.98 Å². The number of rotatable bonds is 3. The molecule has 1 aromatic carbocycles. The first-order valence-corrected chi connectivity index (χ1v) is 9.57. The molecule has 1 fully saturated rings. The second-order valence-corrected chi connectivity index (χ2v) is 7.97. The maximum Gasteiger partial charge on any atom is 0.420 e. The Morgan fingerprint density at radius 2 is 1.86 bits per heavy atom. The van der Waals surface area contributed by atoms with E-state index >= 15 is 0 Å². The molecule has 1 aliphatic heterocycles. The van der Waals surface area contributed by atoms with Crippen LogP contribution in [0.5, 0.6) is 0 Å². The van der Waals surface area contributed by atoms with E-state index < -0.39 is 11.7 Å². The van der Waals surface area contributed by atoms with Gasteiger partial charge in [-0.1, -0.05) is 24.3 Å². The van der Waals surface area contributed by atoms with Gasteiger partial charge < -0.3 is 9.64 Å². The molecule has 2 aromatic rings. The topological polar surface area (TPSA) is 62.7 Å². The van der Waals surface area contributed by atoms with Crippen molar-refractivity contribution in [3.05, 3.63) is 54.2 Å². The Morgan fingerprint density at radius 3 is 2.43 bits per heavy atom. The second-order valence-electron chi connectivity index (χ2n) is 7.97. The molecule has 6 heteroatoms. The van der Waals surface area contributed by atoms with Crippen LogP contribution < -0.4 is 4.90 Å². The van der Waals surface area contributed by atoms with Crippen molar-refractivity contribution in [1.82, 2.24) is 9.88 Å². The minimum atomic E-state index is -0.615. The van der Waals surface area contributed by atoms with Crippen LogP contribution in [-0.2, 0) is 9.53 Å². The fourth-order valence-electron chi connectivity index (χ4n) is 3.43. The van der Waals surface area contributed by atoms with E-state index in [4.69, 9.17) is 4.74 Å². The van der Waals surface area contributed by atoms with Crippen LogP contribution in [0.2, 0.25) is 0 Å². The number of para-hydroxylation sites is 1. The highest BCUT2D eigenvalue weighted by Crippen LogP contribution is 2.33. The van der Waals surface area contributed by atoms with Crippen LogP contribution in [0.25, 0.3) is 0 Å². The summed E-state index contributed by atoms with van der Waals surface area (Å²) in [5, 5.41) is 0. The molecule has 3 rings (SSSR count). The van der Waals surface area contributed by atoms with Crippen molar-refractivity contribution in [2.24, 2.45) is 0 Å². The lowest BCUT2D eigenvalue weighted by molar-refractivity contribution is -0.129. The third-order valence-electron chi connectivity index (χ3n) is 4.63. The number of ether oxygens (including phenoxy) is 1. The summed E-state index contributed by atoms with van der Waals surface area (Å²) in [6.45, 7) is 7.87. The molecule has 1 atom stereocenters. The molecule has 1 aliphatic rings. The summed E-state index contributed by atoms with van der Waals surface area (Å²) in [5.74, 6) is 0.558. The number of likely N-dealkylation sites (tertiary alicyclic amines) is 1. The van der Waals surface area contributed by atoms with E-state index in [-0.39, 0.29) is 11.9 Å². The molecule has 0 saturated carbocycles. The summed E-state index contributed by atoms with van der Waals surface area (Å²) in [6, 6.07) is 13.1. The van der Waals surface area contributed by atoms with Crippen LogP contribution in [0.3, 0.4) is 0 Å². The van der Waals surface area contributed by atoms with Crippen molar-refractivity contribution in [2.45, 2.75) is 52.2 Å². The third-order valence-corrected chi connectivity index (χ3v) is 4.63. The molecule has 0 spiro atoms. The van der Waals surface area contributed by atoms with Crippen molar-refractivity contribution >= 4 is 23.5 Å². The van der Waals surface area contributed by atoms with Crippen molar-refractivity contribution in [2.75, 3.05) is 11.4 Å². The van der Waals surface area contributed by atoms with Crippen molar-refractivity contribution < 1.29 is 14.3 Å². The second kappa shape index (κ2) is 8.00. The van der Waals surface area contributed by atoms with Gasteiger partial charge in [-0.05, 0) is 57.4 Å². The van der Waals surface area contributed by atoms with E-state index in [0.29, 0.717) is 11.5 Å². The largest absolute Gasteiger partial charge is 0.443 e. The Hall–Kier alpha value is -2.89. The molecule has 1 saturated heterocycles. The van der Waals surface area contributed by atoms with Crippen LogP contribution in [0.4, 0.5) is 16.3 Å². The highest BCUT2D eigenvalue weighted by atomic mass is 16.6. The molecule has 0 aliphatic carbocycles. The smallest absolute Gasteiger partial charge is 0.420 e. The van der Waals surface area contributed by atoms with Gasteiger partial charge in [-0.3, -0.25) is 4.79 Å². The standard InChI is InChI=1S/C22H27N3O3/c1-16(26)24-14-8-11-19(24)17-12-13-20(23-15-17)25(18-9-6-5-7-10-18)21(27)28-22(2,3)4/h5-7,9-10,12-13,15,19H,8,11,14H2,1-4H3/t19-/m1/s1. The van der Waals surface area contributed by atoms with Gasteiger partial charge in [0.25, 0.3) is 0 Å². The third kappa shape index (κ3) is 4.50. The summed E-state index contributed by atoms with van der Waals surface area (Å²) < 4.78 is 5.58. The zero-order chi connectivity index (χ0) is 20.3. The van der Waals surface area contributed by atoms with Gasteiger partial charge in [0.2, 0.25) is 5.91 Å². The van der Waals surface area contributed by atoms with Crippen LogP contribution in [-0.4, -0.2) is 34.0 Å². The SMILES string of the molecule is CC(=O)N1CCC[C@@H]1c1ccc(N(C(=O)OC(C)(C)C)c2ccccc2)nc1. The molecule has 2 heterocycles. The Labute approximate surface area is 166 Å². The number of benzene rings is 1. The van der Waals surface area contributed by atoms with Crippen LogP contribution in [0.1, 0.15) is 52.1 Å². The number of carbonyl (C=O) groups is 2. The van der Waals surface area contributed by atoms with Crippen molar-refractivity contribution in [3.8, 4) is 0 Å². The van der Waals surface area contributed by atoms with Crippen LogP contribution in [0, 0.1) is 0 Å². The first-order chi connectivity index (χ1) is 13.3. The summed E-state index contributed by atoms with van der Waals surface area (Å²) in [6.07, 6.45) is 3.18. The number of anilines is 2. The normalized spacial score (nSPS) is 16.7. The minimum absolute atomic E-state index is 0.0470. The highest BCUT2D eigenvalue weighted by molar-refractivity contribution is 5.95. The number of amides is 2. The Morgan fingerprint density at radius 1 is 1.14 bits per heavy atom. The molecule has 2 amide bonds. The Kier molecular flexibility index (Phi) is 5.68. The lowest BCUT2D eigenvalue weighted by Gasteiger charge is -2.27. The predicted octanol–water partition coefficient (Wildman–Crippen LogP) is 4.84. The van der Waals surface area contributed by atoms with E-state index in [1.165, 1.54) is 4.90 Å². The molecular formula is C22H27N3O3. The Balaban J connectivity index is 1.90. The first-order valence-electron chi connectivity index (χ1n) is 9.57. The number of hydrogen-bond acceptors (Lipinski definition) is 4. The molecule has 0 radical (unpaired) electrons. The molecule has 0 unspecified atom stereocenters. The van der Waals surface area contributed by atoms with E-state index in [9.17, 15) is 9.59 Å². The summed E-state index contributed by atoms with van der Waals surface area (Å²) >= 11 is 0. The zero-order valence-electron chi connectivity index (χ0n) is 16.9. The molecule has 28 heavy (non-hydrogen) atoms. The van der Waals surface area contributed by atoms with Gasteiger partial charge in [-0.25, -0.2) is 14.7 Å². The van der Waals surface area contributed by atoms with Gasteiger partial charge >= 0.3 is 6.09 Å². The predicted molar refractivity (Wildman–Crippen MR) is 108 cm³/mol. The van der Waals surface area contributed by atoms with Gasteiger partial charge in [0, 0.05) is 19.7 Å². The average molecular weight is 381 g/mol. The maximum absolute atomic E-state index is 12.9. The molecule has 0 bridgehead atoms. The fourth-order valence-corrected chi connectivity index (χ4v) is 3.43. The number of pyridine rings is 1. The molecule has 0 N–H and O–H groups in total. The van der Waals surface area contributed by atoms with Gasteiger partial charge in [0.05, 0.1) is 11.7 Å². The van der Waals surface area contributed by atoms with Crippen molar-refractivity contribution in [1.29, 1.82) is 0 Å². The summed E-state index contributed by atoms with van der Waals surface area (Å²) in [4.78, 5) is 32.6. The monoisotopic (exact) mass is 381 g/mol. The summed E-state index contributed by atoms with van der Waals surface area (Å²) in [5.41, 5.74) is 1.05. The molecule has 148 valence electrons. The first kappa shape index (κ1) is 19.9. The Bertz CT molecular complexity index is 828. The number of hydrogen-bond donors (Lipinski definition) is 0. The highest BCUT2D eigenvalue weighted by Gasteiger charge is 2.29. The zero-order valence-corrected chi connectivity index (χ0v) is 16.9. The van der Waals surface area contributed by atoms with E-state index in [0.717, 1.165) is 24.9 Å². The number of aromatic nitrogens is 1. The lowest BCUT2D eigenvalue weighted by atomic mass is 10.1. The van der Waals surface area contributed by atoms with Gasteiger partial charge in [-0.15, -0.1) is 0 Å². The van der Waals surface area contributed by atoms with E-state index in [1.54, 1.807) is 13.1 Å². The maximum atomic E-state index is 12.9. The summed E-state index contributed by atoms with van der Waals surface area (Å²) in [7, 11) is 0. The van der Waals surface area contributed by atoms with E-state index in [1.807, 2.05) is 68.1 Å². The van der Waals surface area contributed by atoms with Crippen LogP contribution in [0.15, 0.2) is 48.7 Å². The fraction of sp³-hybridized carbons (Fsp3) is 0.409. The van der Waals surface area contributed by atoms with Gasteiger partial charge in [-0.2, -0.15) is 0 Å². The quantitative estimate of drug-likeness (QED) is 0.763. The number of carbonyl (C=O) groups excluding carboxylic acids is 2. The number of nitrogens with zero attached hydrogens (tertiary/aromatic N) is 3. The lowest BCUT2D eigenvalue weighted by Crippen LogP contribution is -2.34. The molecule has 6 nitrogen and oxygen atoms in total. The van der Waals surface area contributed by atoms with Gasteiger partial charge in [0.1, 0.15) is 11.4 Å². The molecule has 1 aromatic heterocycles. The van der Waals surface area contributed by atoms with Gasteiger partial charge in [0.15, 0.2) is 0 Å².